The van der Waals surface area contributed by atoms with Crippen LogP contribution in [0.15, 0.2) is 24.3 Å². The number of likely N-dealkylation sites (N-methyl/N-ethyl adjacent to an activating group) is 1. The van der Waals surface area contributed by atoms with Crippen molar-refractivity contribution < 1.29 is 10.0 Å². The Hall–Kier alpha value is -1.50. The van der Waals surface area contributed by atoms with Gasteiger partial charge in [0.25, 0.3) is 5.69 Å². The Morgan fingerprint density at radius 1 is 1.37 bits per heavy atom. The van der Waals surface area contributed by atoms with Crippen LogP contribution in [0.2, 0.25) is 0 Å². The molecule has 0 aliphatic carbocycles. The lowest BCUT2D eigenvalue weighted by Crippen LogP contribution is -2.37. The fourth-order valence-corrected chi connectivity index (χ4v) is 1.86. The lowest BCUT2D eigenvalue weighted by atomic mass is 10.1. The van der Waals surface area contributed by atoms with Crippen molar-refractivity contribution in [3.05, 3.63) is 39.9 Å². The molecule has 0 bridgehead atoms. The van der Waals surface area contributed by atoms with Crippen LogP contribution in [-0.4, -0.2) is 48.2 Å². The predicted octanol–water partition coefficient (Wildman–Crippen LogP) is 1.17. The molecule has 1 aromatic carbocycles. The van der Waals surface area contributed by atoms with Crippen LogP contribution in [-0.2, 0) is 0 Å². The van der Waals surface area contributed by atoms with Gasteiger partial charge in [0.15, 0.2) is 0 Å². The highest BCUT2D eigenvalue weighted by molar-refractivity contribution is 5.33. The van der Waals surface area contributed by atoms with Crippen molar-refractivity contribution in [2.24, 2.45) is 0 Å². The number of nitro benzene ring substituents is 1. The third-order valence-electron chi connectivity index (χ3n) is 2.79. The predicted molar refractivity (Wildman–Crippen MR) is 74.1 cm³/mol. The molecule has 2 atom stereocenters. The highest BCUT2D eigenvalue weighted by atomic mass is 16.6. The first-order valence-corrected chi connectivity index (χ1v) is 6.20. The van der Waals surface area contributed by atoms with Crippen LogP contribution < -0.4 is 5.32 Å². The molecule has 0 spiro atoms. The first-order valence-electron chi connectivity index (χ1n) is 6.20. The van der Waals surface area contributed by atoms with Gasteiger partial charge in [0.05, 0.1) is 11.0 Å². The number of nitrogens with one attached hydrogen (secondary N) is 1. The van der Waals surface area contributed by atoms with Crippen LogP contribution in [0.1, 0.15) is 18.6 Å². The molecule has 0 saturated carbocycles. The van der Waals surface area contributed by atoms with E-state index in [0.29, 0.717) is 12.1 Å². The van der Waals surface area contributed by atoms with E-state index >= 15 is 0 Å². The molecule has 6 nitrogen and oxygen atoms in total. The van der Waals surface area contributed by atoms with E-state index in [1.165, 1.54) is 12.1 Å². The lowest BCUT2D eigenvalue weighted by molar-refractivity contribution is -0.384. The van der Waals surface area contributed by atoms with Gasteiger partial charge in [-0.2, -0.15) is 0 Å². The van der Waals surface area contributed by atoms with E-state index in [1.807, 2.05) is 21.0 Å². The summed E-state index contributed by atoms with van der Waals surface area (Å²) in [6, 6.07) is 6.24. The van der Waals surface area contributed by atoms with Crippen LogP contribution >= 0.6 is 0 Å². The maximum Gasteiger partial charge on any atom is 0.269 e. The Labute approximate surface area is 113 Å². The van der Waals surface area contributed by atoms with Gasteiger partial charge in [0, 0.05) is 31.3 Å². The number of aliphatic hydroxyl groups excluding tert-OH is 1. The van der Waals surface area contributed by atoms with Gasteiger partial charge in [-0.15, -0.1) is 0 Å². The molecule has 0 aromatic heterocycles. The van der Waals surface area contributed by atoms with Crippen molar-refractivity contribution in [3.8, 4) is 0 Å². The largest absolute Gasteiger partial charge is 0.387 e. The summed E-state index contributed by atoms with van der Waals surface area (Å²) in [4.78, 5) is 12.1. The minimum atomic E-state index is -0.662. The second-order valence-electron chi connectivity index (χ2n) is 4.94. The van der Waals surface area contributed by atoms with Gasteiger partial charge >= 0.3 is 0 Å². The van der Waals surface area contributed by atoms with E-state index in [1.54, 1.807) is 12.1 Å². The zero-order valence-electron chi connectivity index (χ0n) is 11.5. The van der Waals surface area contributed by atoms with Crippen LogP contribution in [0.3, 0.4) is 0 Å². The molecule has 0 radical (unpaired) electrons. The van der Waals surface area contributed by atoms with Crippen molar-refractivity contribution in [2.75, 3.05) is 27.2 Å². The van der Waals surface area contributed by atoms with E-state index < -0.39 is 11.0 Å². The monoisotopic (exact) mass is 267 g/mol. The molecule has 1 aromatic rings. The fourth-order valence-electron chi connectivity index (χ4n) is 1.86. The summed E-state index contributed by atoms with van der Waals surface area (Å²) in [6.07, 6.45) is -0.662. The van der Waals surface area contributed by atoms with E-state index in [2.05, 4.69) is 10.2 Å². The highest BCUT2D eigenvalue weighted by Crippen LogP contribution is 2.17. The van der Waals surface area contributed by atoms with Gasteiger partial charge in [0.2, 0.25) is 0 Å². The lowest BCUT2D eigenvalue weighted by Gasteiger charge is -2.20. The molecule has 2 unspecified atom stereocenters. The Kier molecular flexibility index (Phi) is 5.88. The first-order chi connectivity index (χ1) is 8.90. The Bertz CT molecular complexity index is 406. The van der Waals surface area contributed by atoms with Crippen LogP contribution in [0.25, 0.3) is 0 Å². The molecule has 1 rings (SSSR count). The molecule has 106 valence electrons. The molecule has 0 amide bonds. The maximum atomic E-state index is 10.5. The van der Waals surface area contributed by atoms with Gasteiger partial charge in [-0.05, 0) is 38.7 Å². The zero-order valence-corrected chi connectivity index (χ0v) is 11.5. The Morgan fingerprint density at radius 2 is 1.95 bits per heavy atom. The third-order valence-corrected chi connectivity index (χ3v) is 2.79. The van der Waals surface area contributed by atoms with E-state index in [-0.39, 0.29) is 11.7 Å². The summed E-state index contributed by atoms with van der Waals surface area (Å²) in [6.45, 7) is 3.35. The topological polar surface area (TPSA) is 78.6 Å². The van der Waals surface area contributed by atoms with Crippen LogP contribution in [0, 0.1) is 10.1 Å². The number of hydrogen-bond donors (Lipinski definition) is 2. The van der Waals surface area contributed by atoms with E-state index in [4.69, 9.17) is 0 Å². The SMILES string of the molecule is CC(CN(C)C)NCC(O)c1ccc([N+](=O)[O-])cc1. The summed E-state index contributed by atoms with van der Waals surface area (Å²) >= 11 is 0. The highest BCUT2D eigenvalue weighted by Gasteiger charge is 2.11. The van der Waals surface area contributed by atoms with Gasteiger partial charge < -0.3 is 15.3 Å². The van der Waals surface area contributed by atoms with Crippen molar-refractivity contribution in [1.82, 2.24) is 10.2 Å². The minimum absolute atomic E-state index is 0.0323. The molecular weight excluding hydrogens is 246 g/mol. The van der Waals surface area contributed by atoms with E-state index in [9.17, 15) is 15.2 Å². The van der Waals surface area contributed by atoms with Crippen molar-refractivity contribution >= 4 is 5.69 Å². The number of benzene rings is 1. The Balaban J connectivity index is 2.49. The molecule has 0 fully saturated rings. The number of aliphatic hydroxyl groups is 1. The van der Waals surface area contributed by atoms with Gasteiger partial charge in [0.1, 0.15) is 0 Å². The molecule has 0 saturated heterocycles. The zero-order chi connectivity index (χ0) is 14.4. The number of nitrogens with zero attached hydrogens (tertiary/aromatic N) is 2. The number of nitro groups is 1. The number of rotatable bonds is 7. The van der Waals surface area contributed by atoms with Crippen LogP contribution in [0.5, 0.6) is 0 Å². The summed E-state index contributed by atoms with van der Waals surface area (Å²) in [5.41, 5.74) is 0.708. The summed E-state index contributed by atoms with van der Waals surface area (Å²) in [7, 11) is 3.98. The second-order valence-corrected chi connectivity index (χ2v) is 4.94. The minimum Gasteiger partial charge on any atom is -0.387 e. The molecule has 0 aliphatic rings. The van der Waals surface area contributed by atoms with Gasteiger partial charge in [-0.1, -0.05) is 0 Å². The molecule has 2 N–H and O–H groups in total. The molecule has 6 heteroatoms. The first kappa shape index (κ1) is 15.6. The fraction of sp³-hybridized carbons (Fsp3) is 0.538. The Morgan fingerprint density at radius 3 is 2.42 bits per heavy atom. The maximum absolute atomic E-state index is 10.5. The summed E-state index contributed by atoms with van der Waals surface area (Å²) < 4.78 is 0. The van der Waals surface area contributed by atoms with Crippen molar-refractivity contribution in [2.45, 2.75) is 19.1 Å². The average Bonchev–Trinajstić information content (AvgIpc) is 2.35. The number of hydrogen-bond acceptors (Lipinski definition) is 5. The normalized spacial score (nSPS) is 14.4. The molecular formula is C13H21N3O3. The smallest absolute Gasteiger partial charge is 0.269 e. The summed E-state index contributed by atoms with van der Waals surface area (Å²) in [5, 5.41) is 23.7. The number of non-ortho nitro benzene ring substituents is 1. The average molecular weight is 267 g/mol. The summed E-state index contributed by atoms with van der Waals surface area (Å²) in [5.74, 6) is 0. The molecule has 19 heavy (non-hydrogen) atoms. The van der Waals surface area contributed by atoms with Crippen LogP contribution in [0.4, 0.5) is 5.69 Å². The molecule has 0 heterocycles. The van der Waals surface area contributed by atoms with Gasteiger partial charge in [-0.3, -0.25) is 10.1 Å². The van der Waals surface area contributed by atoms with E-state index in [0.717, 1.165) is 6.54 Å². The second kappa shape index (κ2) is 7.18. The third kappa shape index (κ3) is 5.34. The van der Waals surface area contributed by atoms with Crippen molar-refractivity contribution in [1.29, 1.82) is 0 Å². The van der Waals surface area contributed by atoms with Gasteiger partial charge in [-0.25, -0.2) is 0 Å². The molecule has 0 aliphatic heterocycles. The quantitative estimate of drug-likeness (QED) is 0.572. The van der Waals surface area contributed by atoms with Crippen molar-refractivity contribution in [3.63, 3.8) is 0 Å². The standard InChI is InChI=1S/C13H21N3O3/c1-10(9-15(2)3)14-8-13(17)11-4-6-12(7-5-11)16(18)19/h4-7,10,13-14,17H,8-9H2,1-3H3.